The van der Waals surface area contributed by atoms with Crippen LogP contribution in [-0.2, 0) is 33.7 Å². The first-order chi connectivity index (χ1) is 24.5. The molecule has 274 valence electrons. The Kier molecular flexibility index (Phi) is 17.8. The summed E-state index contributed by atoms with van der Waals surface area (Å²) in [5.41, 5.74) is 8.59. The Morgan fingerprint density at radius 1 is 0.538 bits per heavy atom. The van der Waals surface area contributed by atoms with Crippen LogP contribution in [0.1, 0.15) is 38.8 Å². The van der Waals surface area contributed by atoms with Gasteiger partial charge in [0.25, 0.3) is 0 Å². The molecule has 52 heavy (non-hydrogen) atoms. The maximum absolute atomic E-state index is 4.93. The van der Waals surface area contributed by atoms with Crippen LogP contribution in [0.3, 0.4) is 0 Å². The van der Waals surface area contributed by atoms with Gasteiger partial charge in [0.15, 0.2) is 0 Å². The zero-order valence-electron chi connectivity index (χ0n) is 33.7. The van der Waals surface area contributed by atoms with E-state index in [1.165, 1.54) is 54.9 Å². The van der Waals surface area contributed by atoms with E-state index in [0.717, 1.165) is 22.4 Å². The Bertz CT molecular complexity index is 1830. The second-order valence-corrected chi connectivity index (χ2v) is 31.5. The van der Waals surface area contributed by atoms with Crippen molar-refractivity contribution >= 4 is 74.6 Å². The van der Waals surface area contributed by atoms with Crippen LogP contribution in [0.5, 0.6) is 0 Å². The molecule has 2 radical (unpaired) electrons. The molecule has 0 spiro atoms. The quantitative estimate of drug-likeness (QED) is 0.106. The first-order valence-electron chi connectivity index (χ1n) is 18.7. The molecule has 0 heterocycles. The molecule has 0 bridgehead atoms. The minimum absolute atomic E-state index is 0.699. The second kappa shape index (κ2) is 20.8. The summed E-state index contributed by atoms with van der Waals surface area (Å²) in [7, 11) is 8.22. The van der Waals surface area contributed by atoms with E-state index >= 15 is 0 Å². The monoisotopic (exact) mass is 856 g/mol. The van der Waals surface area contributed by atoms with E-state index in [2.05, 4.69) is 189 Å². The topological polar surface area (TPSA) is 0 Å². The molecule has 0 atom stereocenters. The van der Waals surface area contributed by atoms with Gasteiger partial charge in [0.2, 0.25) is 0 Å². The molecule has 0 aliphatic heterocycles. The predicted molar refractivity (Wildman–Crippen MR) is 242 cm³/mol. The van der Waals surface area contributed by atoms with Crippen molar-refractivity contribution in [2.75, 3.05) is 0 Å². The molecule has 0 saturated heterocycles. The van der Waals surface area contributed by atoms with Crippen molar-refractivity contribution in [2.24, 2.45) is 11.8 Å². The molecule has 0 saturated carbocycles. The Morgan fingerprint density at radius 3 is 1.15 bits per heavy atom. The van der Waals surface area contributed by atoms with E-state index in [0.29, 0.717) is 11.8 Å². The van der Waals surface area contributed by atoms with Gasteiger partial charge in [-0.15, -0.1) is 69.1 Å². The normalized spacial score (nSPS) is 11.4. The van der Waals surface area contributed by atoms with E-state index in [-0.39, 0.29) is 0 Å². The van der Waals surface area contributed by atoms with Gasteiger partial charge in [-0.1, -0.05) is 162 Å². The molecule has 0 fully saturated rings. The van der Waals surface area contributed by atoms with E-state index in [9.17, 15) is 0 Å². The molecule has 0 amide bonds. The zero-order valence-corrected chi connectivity index (χ0v) is 40.7. The van der Waals surface area contributed by atoms with Gasteiger partial charge in [-0.3, -0.25) is 0 Å². The summed E-state index contributed by atoms with van der Waals surface area (Å²) in [4.78, 5) is 0. The van der Waals surface area contributed by atoms with Crippen molar-refractivity contribution in [1.29, 1.82) is 0 Å². The SMILES string of the molecule is CC(C)Cc1cc2c(-c3ccccc3[Si](C)(C)C)cccc2[cH-]1.CC(C)Cc1cc2c(-c3ccccc3[Si](C)(C)C)cccc2[cH-]1.C[Si]C.[Cl][Zr+2][Cl]. The summed E-state index contributed by atoms with van der Waals surface area (Å²) >= 11 is -0.826. The molecule has 0 aliphatic carbocycles. The Balaban J connectivity index is 0.000000244. The first-order valence-corrected chi connectivity index (χ1v) is 34.0. The van der Waals surface area contributed by atoms with Crippen LogP contribution in [0.25, 0.3) is 43.8 Å². The van der Waals surface area contributed by atoms with Gasteiger partial charge in [-0.05, 0) is 35.8 Å². The van der Waals surface area contributed by atoms with Crippen molar-refractivity contribution < 1.29 is 20.8 Å². The van der Waals surface area contributed by atoms with Crippen molar-refractivity contribution in [3.05, 3.63) is 120 Å². The molecular formula is C46H60Cl2Si3Zr. The number of halogens is 2. The van der Waals surface area contributed by atoms with E-state index in [4.69, 9.17) is 17.0 Å². The molecule has 0 nitrogen and oxygen atoms in total. The van der Waals surface area contributed by atoms with Gasteiger partial charge in [-0.2, -0.15) is 12.1 Å². The van der Waals surface area contributed by atoms with Gasteiger partial charge < -0.3 is 0 Å². The summed E-state index contributed by atoms with van der Waals surface area (Å²) in [5.74, 6) is 1.40. The fourth-order valence-electron chi connectivity index (χ4n) is 6.99. The standard InChI is InChI=1S/2C22H27Si.C2H6Si.2ClH.Zr/c2*1-16(2)13-17-14-18-9-8-11-19(21(18)15-17)20-10-6-7-12-22(20)23(3,4)5;1-3-2;;;/h2*6-12,14-16H,13H2,1-5H3;1-2H3;2*1H;/q2*-1;;;;+4/p-2. The summed E-state index contributed by atoms with van der Waals surface area (Å²) in [5, 5.41) is 8.69. The molecule has 6 aromatic carbocycles. The fraction of sp³-hybridized carbons (Fsp3) is 0.348. The number of fused-ring (bicyclic) bond motifs is 2. The molecule has 0 unspecified atom stereocenters. The second-order valence-electron chi connectivity index (χ2n) is 16.7. The predicted octanol–water partition coefficient (Wildman–Crippen LogP) is 14.1. The zero-order chi connectivity index (χ0) is 38.6. The Hall–Kier alpha value is -1.79. The number of rotatable bonds is 8. The van der Waals surface area contributed by atoms with Gasteiger partial charge in [0, 0.05) is 9.52 Å². The van der Waals surface area contributed by atoms with Crippen LogP contribution < -0.4 is 10.4 Å². The van der Waals surface area contributed by atoms with E-state index in [1.54, 1.807) is 10.4 Å². The van der Waals surface area contributed by atoms with Crippen molar-refractivity contribution in [3.63, 3.8) is 0 Å². The molecular weight excluding hydrogens is 799 g/mol. The average Bonchev–Trinajstić information content (AvgIpc) is 3.67. The summed E-state index contributed by atoms with van der Waals surface area (Å²) in [6.07, 6.45) is 2.31. The van der Waals surface area contributed by atoms with E-state index < -0.39 is 37.0 Å². The summed E-state index contributed by atoms with van der Waals surface area (Å²) in [6, 6.07) is 41.1. The van der Waals surface area contributed by atoms with Crippen LogP contribution >= 0.6 is 17.0 Å². The Labute approximate surface area is 340 Å². The molecule has 0 N–H and O–H groups in total. The van der Waals surface area contributed by atoms with Gasteiger partial charge >= 0.3 is 37.9 Å². The molecule has 0 aromatic heterocycles. The number of hydrogen-bond acceptors (Lipinski definition) is 0. The maximum atomic E-state index is 4.93. The summed E-state index contributed by atoms with van der Waals surface area (Å²) < 4.78 is 0. The molecule has 6 heteroatoms. The van der Waals surface area contributed by atoms with Gasteiger partial charge in [0.1, 0.15) is 0 Å². The van der Waals surface area contributed by atoms with Crippen LogP contribution in [0.2, 0.25) is 52.4 Å². The minimum atomic E-state index is -1.37. The van der Waals surface area contributed by atoms with Crippen LogP contribution in [0.4, 0.5) is 0 Å². The first kappa shape index (κ1) is 44.6. The van der Waals surface area contributed by atoms with E-state index in [1.807, 2.05) is 0 Å². The molecule has 0 aliphatic rings. The summed E-state index contributed by atoms with van der Waals surface area (Å²) in [6.45, 7) is 28.1. The van der Waals surface area contributed by atoms with Crippen molar-refractivity contribution in [2.45, 2.75) is 92.9 Å². The molecule has 6 aromatic rings. The third kappa shape index (κ3) is 12.6. The third-order valence-corrected chi connectivity index (χ3v) is 13.1. The van der Waals surface area contributed by atoms with Crippen LogP contribution in [0, 0.1) is 11.8 Å². The number of hydrogen-bond donors (Lipinski definition) is 0. The third-order valence-electron chi connectivity index (χ3n) is 8.96. The van der Waals surface area contributed by atoms with Gasteiger partial charge in [-0.25, -0.2) is 0 Å². The van der Waals surface area contributed by atoms with Crippen molar-refractivity contribution in [3.8, 4) is 22.3 Å². The average molecular weight is 859 g/mol. The van der Waals surface area contributed by atoms with Crippen LogP contribution in [0.15, 0.2) is 109 Å². The number of benzene rings is 4. The van der Waals surface area contributed by atoms with Gasteiger partial charge in [0.05, 0.1) is 16.1 Å². The fourth-order valence-corrected chi connectivity index (χ4v) is 10.2. The Morgan fingerprint density at radius 2 is 0.846 bits per heavy atom. The molecule has 6 rings (SSSR count). The van der Waals surface area contributed by atoms with Crippen molar-refractivity contribution in [1.82, 2.24) is 0 Å². The van der Waals surface area contributed by atoms with Crippen LogP contribution in [-0.4, -0.2) is 25.7 Å².